The zero-order valence-corrected chi connectivity index (χ0v) is 18.4. The van der Waals surface area contributed by atoms with Crippen LogP contribution in [0, 0.1) is 0 Å². The maximum Gasteiger partial charge on any atom is 0.285 e. The van der Waals surface area contributed by atoms with Gasteiger partial charge in [-0.2, -0.15) is 0 Å². The minimum Gasteiger partial charge on any atom is -0.756 e. The number of benzene rings is 2. The topological polar surface area (TPSA) is 135 Å². The Morgan fingerprint density at radius 2 is 1.82 bits per heavy atom. The highest BCUT2D eigenvalue weighted by atomic mass is 31.2. The van der Waals surface area contributed by atoms with Crippen LogP contribution in [-0.4, -0.2) is 10.1 Å². The van der Waals surface area contributed by atoms with Crippen molar-refractivity contribution in [3.8, 4) is 17.1 Å². The molecule has 1 atom stereocenters. The number of nitrogen functional groups attached to an aromatic ring is 1. The van der Waals surface area contributed by atoms with Crippen LogP contribution < -0.4 is 19.9 Å². The number of ether oxygens (including phenoxy) is 1. The fourth-order valence-corrected chi connectivity index (χ4v) is 3.47. The molecule has 1 unspecified atom stereocenters. The van der Waals surface area contributed by atoms with E-state index in [9.17, 15) is 9.46 Å². The van der Waals surface area contributed by atoms with Crippen molar-refractivity contribution < 1.29 is 32.7 Å². The van der Waals surface area contributed by atoms with Crippen molar-refractivity contribution in [2.45, 2.75) is 19.8 Å². The molecule has 2 heterocycles. The summed E-state index contributed by atoms with van der Waals surface area (Å²) >= 11 is 0. The molecule has 0 saturated carbocycles. The van der Waals surface area contributed by atoms with Gasteiger partial charge in [0, 0.05) is 12.5 Å². The molecular weight excluding hydrogens is 445 g/mol. The van der Waals surface area contributed by atoms with Crippen LogP contribution in [0.15, 0.2) is 83.5 Å². The van der Waals surface area contributed by atoms with Gasteiger partial charge in [0.2, 0.25) is 0 Å². The molecule has 0 radical (unpaired) electrons. The summed E-state index contributed by atoms with van der Waals surface area (Å²) in [6, 6.07) is 22.8. The van der Waals surface area contributed by atoms with Gasteiger partial charge in [-0.3, -0.25) is 14.8 Å². The summed E-state index contributed by atoms with van der Waals surface area (Å²) in [5.74, 6) is 1.40. The van der Waals surface area contributed by atoms with Crippen LogP contribution in [0.2, 0.25) is 0 Å². The largest absolute Gasteiger partial charge is 0.756 e. The number of phosphoric acid groups is 1. The third kappa shape index (κ3) is 6.27. The number of rotatable bonds is 9. The normalized spacial score (nSPS) is 12.9. The molecule has 0 aliphatic rings. The fraction of sp³-hybridized carbons (Fsp3) is 0.130. The van der Waals surface area contributed by atoms with Gasteiger partial charge in [0.05, 0.1) is 11.9 Å². The lowest BCUT2D eigenvalue weighted by Gasteiger charge is -2.14. The SMILES string of the molecule is Nc1c(-c2cc(Cc3ccc(OCc4ccccc4)cc3)no2)ccc[n+]1COP(=O)([O-])O. The second kappa shape index (κ2) is 9.97. The number of nitrogens with zero attached hydrogens (tertiary/aromatic N) is 2. The Kier molecular flexibility index (Phi) is 6.86. The monoisotopic (exact) mass is 467 g/mol. The summed E-state index contributed by atoms with van der Waals surface area (Å²) < 4.78 is 27.8. The van der Waals surface area contributed by atoms with Crippen molar-refractivity contribution in [3.63, 3.8) is 0 Å². The zero-order valence-electron chi connectivity index (χ0n) is 17.5. The first kappa shape index (κ1) is 22.7. The Bertz CT molecular complexity index is 1250. The summed E-state index contributed by atoms with van der Waals surface area (Å²) in [5.41, 5.74) is 9.45. The maximum absolute atomic E-state index is 10.8. The third-order valence-electron chi connectivity index (χ3n) is 4.86. The summed E-state index contributed by atoms with van der Waals surface area (Å²) in [5, 5.41) is 4.11. The highest BCUT2D eigenvalue weighted by Crippen LogP contribution is 2.30. The van der Waals surface area contributed by atoms with Crippen LogP contribution in [0.25, 0.3) is 11.3 Å². The van der Waals surface area contributed by atoms with Gasteiger partial charge in [-0.25, -0.2) is 4.57 Å². The molecule has 0 bridgehead atoms. The summed E-state index contributed by atoms with van der Waals surface area (Å²) in [7, 11) is -4.87. The van der Waals surface area contributed by atoms with E-state index in [1.54, 1.807) is 18.2 Å². The number of aromatic nitrogens is 2. The molecule has 0 saturated heterocycles. The van der Waals surface area contributed by atoms with Gasteiger partial charge in [0.15, 0.2) is 12.5 Å². The second-order valence-electron chi connectivity index (χ2n) is 7.28. The molecule has 0 spiro atoms. The molecule has 0 fully saturated rings. The number of hydrogen-bond donors (Lipinski definition) is 2. The standard InChI is InChI=1S/C23H22N3O6P/c24-23-21(7-4-12-26(23)16-31-33(27,28)29)22-14-19(25-32-22)13-17-8-10-20(11-9-17)30-15-18-5-2-1-3-6-18/h1-12,14,24H,13,15-16H2,(H2,27,28,29). The first-order valence-electron chi connectivity index (χ1n) is 10.1. The lowest BCUT2D eigenvalue weighted by Crippen LogP contribution is -2.38. The van der Waals surface area contributed by atoms with Crippen LogP contribution in [0.5, 0.6) is 5.75 Å². The average molecular weight is 467 g/mol. The molecule has 33 heavy (non-hydrogen) atoms. The molecule has 0 amide bonds. The molecule has 0 aliphatic carbocycles. The van der Waals surface area contributed by atoms with Crippen LogP contribution in [0.4, 0.5) is 5.82 Å². The summed E-state index contributed by atoms with van der Waals surface area (Å²) in [6.07, 6.45) is 2.06. The third-order valence-corrected chi connectivity index (χ3v) is 5.30. The van der Waals surface area contributed by atoms with Crippen LogP contribution in [0.3, 0.4) is 0 Å². The Labute approximate surface area is 190 Å². The smallest absolute Gasteiger partial charge is 0.285 e. The van der Waals surface area contributed by atoms with E-state index in [2.05, 4.69) is 9.68 Å². The van der Waals surface area contributed by atoms with Gasteiger partial charge in [0.25, 0.3) is 13.6 Å². The number of anilines is 1. The minimum atomic E-state index is -4.87. The Morgan fingerprint density at radius 1 is 1.06 bits per heavy atom. The van der Waals surface area contributed by atoms with E-state index in [4.69, 9.17) is 19.9 Å². The summed E-state index contributed by atoms with van der Waals surface area (Å²) in [6.45, 7) is 0.0394. The van der Waals surface area contributed by atoms with Crippen molar-refractivity contribution >= 4 is 13.6 Å². The Balaban J connectivity index is 1.40. The van der Waals surface area contributed by atoms with E-state index in [1.807, 2.05) is 54.6 Å². The van der Waals surface area contributed by atoms with Crippen molar-refractivity contribution in [2.75, 3.05) is 5.73 Å². The molecule has 170 valence electrons. The quantitative estimate of drug-likeness (QED) is 0.283. The van der Waals surface area contributed by atoms with E-state index in [0.717, 1.165) is 16.9 Å². The second-order valence-corrected chi connectivity index (χ2v) is 8.48. The number of phosphoric ester groups is 1. The van der Waals surface area contributed by atoms with E-state index >= 15 is 0 Å². The molecule has 0 aliphatic heterocycles. The van der Waals surface area contributed by atoms with Crippen molar-refractivity contribution in [3.05, 3.63) is 95.8 Å². The van der Waals surface area contributed by atoms with Crippen LogP contribution in [0.1, 0.15) is 16.8 Å². The first-order valence-corrected chi connectivity index (χ1v) is 11.5. The minimum absolute atomic E-state index is 0.202. The molecule has 9 nitrogen and oxygen atoms in total. The fourth-order valence-electron chi connectivity index (χ4n) is 3.20. The van der Waals surface area contributed by atoms with Gasteiger partial charge < -0.3 is 19.0 Å². The predicted octanol–water partition coefficient (Wildman–Crippen LogP) is 2.82. The first-order chi connectivity index (χ1) is 15.9. The Morgan fingerprint density at radius 3 is 2.55 bits per heavy atom. The highest BCUT2D eigenvalue weighted by molar-refractivity contribution is 7.44. The van der Waals surface area contributed by atoms with Gasteiger partial charge in [0.1, 0.15) is 17.9 Å². The predicted molar refractivity (Wildman–Crippen MR) is 117 cm³/mol. The molecule has 10 heteroatoms. The van der Waals surface area contributed by atoms with Crippen LogP contribution in [-0.2, 0) is 28.8 Å². The van der Waals surface area contributed by atoms with E-state index in [1.165, 1.54) is 10.8 Å². The van der Waals surface area contributed by atoms with Gasteiger partial charge >= 0.3 is 0 Å². The molecule has 3 N–H and O–H groups in total. The van der Waals surface area contributed by atoms with Crippen molar-refractivity contribution in [2.24, 2.45) is 0 Å². The lowest BCUT2D eigenvalue weighted by molar-refractivity contribution is -0.712. The lowest BCUT2D eigenvalue weighted by atomic mass is 10.1. The van der Waals surface area contributed by atoms with Crippen molar-refractivity contribution in [1.82, 2.24) is 5.16 Å². The average Bonchev–Trinajstić information content (AvgIpc) is 3.26. The summed E-state index contributed by atoms with van der Waals surface area (Å²) in [4.78, 5) is 19.6. The molecular formula is C23H22N3O6P. The van der Waals surface area contributed by atoms with Gasteiger partial charge in [-0.05, 0) is 35.4 Å². The van der Waals surface area contributed by atoms with E-state index in [-0.39, 0.29) is 5.82 Å². The number of pyridine rings is 1. The number of nitrogens with two attached hydrogens (primary N) is 1. The van der Waals surface area contributed by atoms with Crippen molar-refractivity contribution in [1.29, 1.82) is 0 Å². The van der Waals surface area contributed by atoms with Crippen LogP contribution >= 0.6 is 7.82 Å². The van der Waals surface area contributed by atoms with Gasteiger partial charge in [-0.15, -0.1) is 0 Å². The molecule has 2 aromatic carbocycles. The zero-order chi connectivity index (χ0) is 23.3. The highest BCUT2D eigenvalue weighted by Gasteiger charge is 2.18. The molecule has 4 aromatic rings. The maximum atomic E-state index is 10.8. The Hall–Kier alpha value is -3.49. The van der Waals surface area contributed by atoms with Gasteiger partial charge in [-0.1, -0.05) is 47.6 Å². The van der Waals surface area contributed by atoms with E-state index < -0.39 is 14.6 Å². The van der Waals surface area contributed by atoms with E-state index in [0.29, 0.717) is 30.0 Å². The molecule has 4 rings (SSSR count). The molecule has 2 aromatic heterocycles. The number of hydrogen-bond acceptors (Lipinski definition) is 7.